The van der Waals surface area contributed by atoms with Crippen molar-refractivity contribution in [2.24, 2.45) is 5.92 Å². The molecule has 14 heavy (non-hydrogen) atoms. The summed E-state index contributed by atoms with van der Waals surface area (Å²) in [4.78, 5) is 4.64. The Labute approximate surface area is 86.1 Å². The Morgan fingerprint density at radius 3 is 2.36 bits per heavy atom. The second-order valence-corrected chi connectivity index (χ2v) is 5.33. The molecule has 0 aromatic carbocycles. The molecule has 2 nitrogen and oxygen atoms in total. The molecule has 2 saturated heterocycles. The van der Waals surface area contributed by atoms with Crippen LogP contribution >= 0.6 is 0 Å². The molecule has 0 spiro atoms. The Morgan fingerprint density at radius 2 is 1.86 bits per heavy atom. The van der Waals surface area contributed by atoms with E-state index in [0.717, 1.165) is 12.5 Å². The molecule has 2 fully saturated rings. The predicted molar refractivity (Wildman–Crippen MR) is 56.2 cm³/mol. The van der Waals surface area contributed by atoms with Gasteiger partial charge >= 0.3 is 0 Å². The van der Waals surface area contributed by atoms with E-state index in [1.807, 2.05) is 0 Å². The Morgan fingerprint density at radius 1 is 1.29 bits per heavy atom. The summed E-state index contributed by atoms with van der Waals surface area (Å²) in [5.41, 5.74) is -0.897. The van der Waals surface area contributed by atoms with E-state index in [-0.39, 0.29) is 0 Å². The molecule has 2 aliphatic rings. The molecular weight excluding hydrogens is 179 g/mol. The third-order valence-corrected chi connectivity index (χ3v) is 3.46. The standard InChI is InChI=1S/C11H21FN2/c1-11(12)8-14(9-11)7-10-3-5-13(2)6-4-10/h10H,3-9H2,1-2H3. The predicted octanol–water partition coefficient (Wildman–Crippen LogP) is 1.37. The molecule has 0 atom stereocenters. The lowest BCUT2D eigenvalue weighted by molar-refractivity contribution is -0.0302. The lowest BCUT2D eigenvalue weighted by Crippen LogP contribution is -2.58. The highest BCUT2D eigenvalue weighted by atomic mass is 19.1. The number of alkyl halides is 1. The van der Waals surface area contributed by atoms with Crippen LogP contribution in [-0.2, 0) is 0 Å². The van der Waals surface area contributed by atoms with Gasteiger partial charge in [0.25, 0.3) is 0 Å². The van der Waals surface area contributed by atoms with E-state index in [1.165, 1.54) is 25.9 Å². The molecule has 3 heteroatoms. The highest BCUT2D eigenvalue weighted by Gasteiger charge is 2.39. The number of halogens is 1. The number of nitrogens with zero attached hydrogens (tertiary/aromatic N) is 2. The van der Waals surface area contributed by atoms with Crippen molar-refractivity contribution in [1.82, 2.24) is 9.80 Å². The first-order valence-electron chi connectivity index (χ1n) is 5.65. The van der Waals surface area contributed by atoms with Crippen LogP contribution in [0, 0.1) is 5.92 Å². The molecule has 2 aliphatic heterocycles. The molecule has 2 rings (SSSR count). The van der Waals surface area contributed by atoms with Crippen molar-refractivity contribution in [3.8, 4) is 0 Å². The molecule has 0 aromatic heterocycles. The van der Waals surface area contributed by atoms with E-state index in [1.54, 1.807) is 6.92 Å². The van der Waals surface area contributed by atoms with Crippen molar-refractivity contribution in [1.29, 1.82) is 0 Å². The number of rotatable bonds is 2. The minimum absolute atomic E-state index is 0.652. The maximum Gasteiger partial charge on any atom is 0.133 e. The van der Waals surface area contributed by atoms with E-state index in [2.05, 4.69) is 16.8 Å². The third-order valence-electron chi connectivity index (χ3n) is 3.46. The lowest BCUT2D eigenvalue weighted by Gasteiger charge is -2.44. The number of hydrogen-bond donors (Lipinski definition) is 0. The second-order valence-electron chi connectivity index (χ2n) is 5.33. The van der Waals surface area contributed by atoms with E-state index in [4.69, 9.17) is 0 Å². The van der Waals surface area contributed by atoms with Crippen molar-refractivity contribution in [3.63, 3.8) is 0 Å². The van der Waals surface area contributed by atoms with Gasteiger partial charge in [-0.15, -0.1) is 0 Å². The third kappa shape index (κ3) is 2.45. The normalized spacial score (nSPS) is 30.2. The highest BCUT2D eigenvalue weighted by molar-refractivity contribution is 4.93. The van der Waals surface area contributed by atoms with Gasteiger partial charge < -0.3 is 4.90 Å². The maximum absolute atomic E-state index is 13.2. The fourth-order valence-electron chi connectivity index (χ4n) is 2.63. The fourth-order valence-corrected chi connectivity index (χ4v) is 2.63. The zero-order valence-corrected chi connectivity index (χ0v) is 9.30. The minimum atomic E-state index is -0.897. The van der Waals surface area contributed by atoms with Crippen LogP contribution in [0.15, 0.2) is 0 Å². The molecule has 0 bridgehead atoms. The summed E-state index contributed by atoms with van der Waals surface area (Å²) in [6, 6.07) is 0. The molecule has 82 valence electrons. The maximum atomic E-state index is 13.2. The summed E-state index contributed by atoms with van der Waals surface area (Å²) in [5.74, 6) is 0.808. The monoisotopic (exact) mass is 200 g/mol. The summed E-state index contributed by atoms with van der Waals surface area (Å²) in [7, 11) is 2.18. The van der Waals surface area contributed by atoms with Crippen molar-refractivity contribution in [3.05, 3.63) is 0 Å². The van der Waals surface area contributed by atoms with E-state index < -0.39 is 5.67 Å². The van der Waals surface area contributed by atoms with E-state index >= 15 is 0 Å². The van der Waals surface area contributed by atoms with Crippen LogP contribution < -0.4 is 0 Å². The van der Waals surface area contributed by atoms with Crippen LogP contribution in [0.4, 0.5) is 4.39 Å². The van der Waals surface area contributed by atoms with Gasteiger partial charge in [0, 0.05) is 19.6 Å². The van der Waals surface area contributed by atoms with Crippen LogP contribution in [0.3, 0.4) is 0 Å². The molecule has 0 amide bonds. The number of piperidine rings is 1. The average Bonchev–Trinajstić information content (AvgIpc) is 2.06. The highest BCUT2D eigenvalue weighted by Crippen LogP contribution is 2.27. The minimum Gasteiger partial charge on any atom is -0.306 e. The summed E-state index contributed by atoms with van der Waals surface area (Å²) in [5, 5.41) is 0. The van der Waals surface area contributed by atoms with Crippen LogP contribution in [-0.4, -0.2) is 55.2 Å². The van der Waals surface area contributed by atoms with Gasteiger partial charge in [0.15, 0.2) is 0 Å². The van der Waals surface area contributed by atoms with Gasteiger partial charge in [0.1, 0.15) is 5.67 Å². The summed E-state index contributed by atoms with van der Waals surface area (Å²) < 4.78 is 13.2. The van der Waals surface area contributed by atoms with Crippen LogP contribution in [0.2, 0.25) is 0 Å². The molecule has 0 radical (unpaired) electrons. The average molecular weight is 200 g/mol. The van der Waals surface area contributed by atoms with Crippen LogP contribution in [0.5, 0.6) is 0 Å². The zero-order chi connectivity index (χ0) is 10.2. The largest absolute Gasteiger partial charge is 0.306 e. The van der Waals surface area contributed by atoms with Gasteiger partial charge in [-0.25, -0.2) is 4.39 Å². The van der Waals surface area contributed by atoms with Gasteiger partial charge in [-0.3, -0.25) is 4.90 Å². The van der Waals surface area contributed by atoms with Gasteiger partial charge in [-0.1, -0.05) is 0 Å². The first-order valence-corrected chi connectivity index (χ1v) is 5.65. The molecule has 0 saturated carbocycles. The van der Waals surface area contributed by atoms with E-state index in [9.17, 15) is 4.39 Å². The topological polar surface area (TPSA) is 6.48 Å². The molecule has 2 heterocycles. The van der Waals surface area contributed by atoms with Gasteiger partial charge in [-0.2, -0.15) is 0 Å². The quantitative estimate of drug-likeness (QED) is 0.664. The molecule has 0 aromatic rings. The van der Waals surface area contributed by atoms with Crippen molar-refractivity contribution < 1.29 is 4.39 Å². The van der Waals surface area contributed by atoms with Crippen LogP contribution in [0.1, 0.15) is 19.8 Å². The molecule has 0 unspecified atom stereocenters. The van der Waals surface area contributed by atoms with Gasteiger partial charge in [0.05, 0.1) is 0 Å². The summed E-state index contributed by atoms with van der Waals surface area (Å²) in [6.07, 6.45) is 2.58. The fraction of sp³-hybridized carbons (Fsp3) is 1.00. The summed E-state index contributed by atoms with van der Waals surface area (Å²) in [6.45, 7) is 6.56. The first kappa shape index (κ1) is 10.4. The molecule has 0 N–H and O–H groups in total. The van der Waals surface area contributed by atoms with Crippen LogP contribution in [0.25, 0.3) is 0 Å². The molecular formula is C11H21FN2. The second kappa shape index (κ2) is 3.78. The Kier molecular flexibility index (Phi) is 2.80. The molecule has 0 aliphatic carbocycles. The van der Waals surface area contributed by atoms with Gasteiger partial charge in [-0.05, 0) is 45.8 Å². The smallest absolute Gasteiger partial charge is 0.133 e. The first-order chi connectivity index (χ1) is 6.55. The zero-order valence-electron chi connectivity index (χ0n) is 9.30. The Bertz CT molecular complexity index is 189. The lowest BCUT2D eigenvalue weighted by atomic mass is 9.92. The summed E-state index contributed by atoms with van der Waals surface area (Å²) >= 11 is 0. The Balaban J connectivity index is 1.67. The van der Waals surface area contributed by atoms with Crippen molar-refractivity contribution in [2.75, 3.05) is 39.8 Å². The van der Waals surface area contributed by atoms with Crippen molar-refractivity contribution in [2.45, 2.75) is 25.4 Å². The number of hydrogen-bond acceptors (Lipinski definition) is 2. The van der Waals surface area contributed by atoms with Crippen molar-refractivity contribution >= 4 is 0 Å². The number of likely N-dealkylation sites (tertiary alicyclic amines) is 2. The van der Waals surface area contributed by atoms with Gasteiger partial charge in [0.2, 0.25) is 0 Å². The van der Waals surface area contributed by atoms with E-state index in [0.29, 0.717) is 13.1 Å². The Hall–Kier alpha value is -0.150. The SMILES string of the molecule is CN1CCC(CN2CC(C)(F)C2)CC1.